The number of benzene rings is 1. The van der Waals surface area contributed by atoms with E-state index < -0.39 is 6.10 Å². The predicted octanol–water partition coefficient (Wildman–Crippen LogP) is 4.08. The van der Waals surface area contributed by atoms with Gasteiger partial charge in [0, 0.05) is 0 Å². The molecule has 2 atom stereocenters. The molecule has 0 amide bonds. The van der Waals surface area contributed by atoms with Crippen LogP contribution in [0.2, 0.25) is 0 Å². The minimum absolute atomic E-state index is 0.145. The monoisotopic (exact) mass is 264 g/mol. The van der Waals surface area contributed by atoms with Crippen LogP contribution in [0.5, 0.6) is 0 Å². The lowest BCUT2D eigenvalue weighted by atomic mass is 9.86. The first kappa shape index (κ1) is 16.2. The molecule has 2 heteroatoms. The Hall–Kier alpha value is -0.860. The van der Waals surface area contributed by atoms with Gasteiger partial charge in [-0.05, 0) is 29.4 Å². The summed E-state index contributed by atoms with van der Waals surface area (Å²) in [6.45, 7) is 13.2. The summed E-state index contributed by atoms with van der Waals surface area (Å²) in [6.07, 6.45) is -0.376. The molecule has 0 saturated heterocycles. The van der Waals surface area contributed by atoms with Gasteiger partial charge in [0.1, 0.15) is 6.10 Å². The Bertz CT molecular complexity index is 373. The molecule has 19 heavy (non-hydrogen) atoms. The van der Waals surface area contributed by atoms with E-state index in [1.165, 1.54) is 5.56 Å². The molecule has 1 aromatic carbocycles. The summed E-state index contributed by atoms with van der Waals surface area (Å²) >= 11 is 0. The second-order valence-corrected chi connectivity index (χ2v) is 6.67. The first-order chi connectivity index (χ1) is 8.71. The lowest BCUT2D eigenvalue weighted by molar-refractivity contribution is -0.0206. The van der Waals surface area contributed by atoms with Crippen LogP contribution in [0.25, 0.3) is 0 Å². The summed E-state index contributed by atoms with van der Waals surface area (Å²) in [5.41, 5.74) is 2.34. The van der Waals surface area contributed by atoms with E-state index >= 15 is 0 Å². The standard InChI is InChI=1S/C17H28O2/c1-12(2)13(3)19-11-16(18)14-7-9-15(10-8-14)17(4,5)6/h7-10,12-13,16,18H,11H2,1-6H3. The van der Waals surface area contributed by atoms with Crippen molar-refractivity contribution in [2.45, 2.75) is 59.2 Å². The van der Waals surface area contributed by atoms with Crippen molar-refractivity contribution in [2.75, 3.05) is 6.61 Å². The van der Waals surface area contributed by atoms with Gasteiger partial charge < -0.3 is 9.84 Å². The maximum atomic E-state index is 10.1. The maximum Gasteiger partial charge on any atom is 0.102 e. The van der Waals surface area contributed by atoms with Crippen molar-refractivity contribution in [2.24, 2.45) is 5.92 Å². The molecule has 0 aromatic heterocycles. The average molecular weight is 264 g/mol. The Kier molecular flexibility index (Phi) is 5.57. The first-order valence-corrected chi connectivity index (χ1v) is 7.12. The summed E-state index contributed by atoms with van der Waals surface area (Å²) < 4.78 is 5.67. The zero-order chi connectivity index (χ0) is 14.6. The minimum Gasteiger partial charge on any atom is -0.386 e. The summed E-state index contributed by atoms with van der Waals surface area (Å²) in [5, 5.41) is 10.1. The Labute approximate surface area is 117 Å². The molecule has 108 valence electrons. The topological polar surface area (TPSA) is 29.5 Å². The summed E-state index contributed by atoms with van der Waals surface area (Å²) in [5.74, 6) is 0.468. The molecule has 2 unspecified atom stereocenters. The van der Waals surface area contributed by atoms with Crippen LogP contribution >= 0.6 is 0 Å². The van der Waals surface area contributed by atoms with Crippen molar-refractivity contribution in [3.63, 3.8) is 0 Å². The summed E-state index contributed by atoms with van der Waals surface area (Å²) in [7, 11) is 0. The fraction of sp³-hybridized carbons (Fsp3) is 0.647. The van der Waals surface area contributed by atoms with E-state index in [4.69, 9.17) is 4.74 Å². The van der Waals surface area contributed by atoms with Crippen molar-refractivity contribution in [3.8, 4) is 0 Å². The van der Waals surface area contributed by atoms with Gasteiger partial charge in [-0.25, -0.2) is 0 Å². The van der Waals surface area contributed by atoms with E-state index in [1.807, 2.05) is 19.1 Å². The van der Waals surface area contributed by atoms with Gasteiger partial charge in [-0.15, -0.1) is 0 Å². The molecule has 0 bridgehead atoms. The van der Waals surface area contributed by atoms with Gasteiger partial charge in [0.25, 0.3) is 0 Å². The van der Waals surface area contributed by atoms with Crippen molar-refractivity contribution in [1.29, 1.82) is 0 Å². The van der Waals surface area contributed by atoms with Crippen LogP contribution < -0.4 is 0 Å². The zero-order valence-corrected chi connectivity index (χ0v) is 13.1. The van der Waals surface area contributed by atoms with E-state index in [1.54, 1.807) is 0 Å². The Morgan fingerprint density at radius 3 is 2.00 bits per heavy atom. The van der Waals surface area contributed by atoms with Gasteiger partial charge in [0.15, 0.2) is 0 Å². The third-order valence-corrected chi connectivity index (χ3v) is 3.62. The Morgan fingerprint density at radius 1 is 1.05 bits per heavy atom. The van der Waals surface area contributed by atoms with Crippen LogP contribution in [0, 0.1) is 5.92 Å². The fourth-order valence-electron chi connectivity index (χ4n) is 1.74. The van der Waals surface area contributed by atoms with Crippen LogP contribution in [0.15, 0.2) is 24.3 Å². The highest BCUT2D eigenvalue weighted by molar-refractivity contribution is 5.28. The Morgan fingerprint density at radius 2 is 1.58 bits per heavy atom. The lowest BCUT2D eigenvalue weighted by Gasteiger charge is -2.21. The molecule has 0 aliphatic heterocycles. The molecule has 0 radical (unpaired) electrons. The summed E-state index contributed by atoms with van der Waals surface area (Å²) in [4.78, 5) is 0. The maximum absolute atomic E-state index is 10.1. The summed E-state index contributed by atoms with van der Waals surface area (Å²) in [6, 6.07) is 8.16. The Balaban J connectivity index is 2.61. The normalized spacial score (nSPS) is 15.6. The van der Waals surface area contributed by atoms with E-state index in [0.29, 0.717) is 12.5 Å². The van der Waals surface area contributed by atoms with Gasteiger partial charge in [-0.2, -0.15) is 0 Å². The van der Waals surface area contributed by atoms with Crippen LogP contribution in [0.1, 0.15) is 58.8 Å². The number of aliphatic hydroxyl groups excluding tert-OH is 1. The van der Waals surface area contributed by atoms with Crippen LogP contribution in [-0.4, -0.2) is 17.8 Å². The van der Waals surface area contributed by atoms with Gasteiger partial charge in [-0.3, -0.25) is 0 Å². The molecule has 1 rings (SSSR count). The van der Waals surface area contributed by atoms with Gasteiger partial charge in [0.2, 0.25) is 0 Å². The van der Waals surface area contributed by atoms with Gasteiger partial charge in [-0.1, -0.05) is 58.9 Å². The molecule has 2 nitrogen and oxygen atoms in total. The lowest BCUT2D eigenvalue weighted by Crippen LogP contribution is -2.19. The van der Waals surface area contributed by atoms with Crippen molar-refractivity contribution >= 4 is 0 Å². The van der Waals surface area contributed by atoms with Crippen molar-refractivity contribution in [1.82, 2.24) is 0 Å². The second-order valence-electron chi connectivity index (χ2n) is 6.67. The largest absolute Gasteiger partial charge is 0.386 e. The molecule has 0 heterocycles. The number of hydrogen-bond donors (Lipinski definition) is 1. The third-order valence-electron chi connectivity index (χ3n) is 3.62. The predicted molar refractivity (Wildman–Crippen MR) is 80.4 cm³/mol. The molecule has 0 fully saturated rings. The van der Waals surface area contributed by atoms with Crippen molar-refractivity contribution < 1.29 is 9.84 Å². The highest BCUT2D eigenvalue weighted by Crippen LogP contribution is 2.24. The molecular weight excluding hydrogens is 236 g/mol. The number of aliphatic hydroxyl groups is 1. The van der Waals surface area contributed by atoms with Crippen molar-refractivity contribution in [3.05, 3.63) is 35.4 Å². The molecule has 1 aromatic rings. The molecule has 0 aliphatic rings. The number of ether oxygens (including phenoxy) is 1. The average Bonchev–Trinajstić information content (AvgIpc) is 2.34. The second kappa shape index (κ2) is 6.53. The SMILES string of the molecule is CC(C)C(C)OCC(O)c1ccc(C(C)(C)C)cc1. The molecular formula is C17H28O2. The van der Waals surface area contributed by atoms with E-state index in [9.17, 15) is 5.11 Å². The number of rotatable bonds is 5. The van der Waals surface area contributed by atoms with Gasteiger partial charge >= 0.3 is 0 Å². The smallest absolute Gasteiger partial charge is 0.102 e. The van der Waals surface area contributed by atoms with Gasteiger partial charge in [0.05, 0.1) is 12.7 Å². The van der Waals surface area contributed by atoms with Crippen LogP contribution in [0.4, 0.5) is 0 Å². The molecule has 1 N–H and O–H groups in total. The molecule has 0 aliphatic carbocycles. The quantitative estimate of drug-likeness (QED) is 0.868. The minimum atomic E-state index is -0.546. The van der Waals surface area contributed by atoms with E-state index in [2.05, 4.69) is 46.8 Å². The number of hydrogen-bond acceptors (Lipinski definition) is 2. The van der Waals surface area contributed by atoms with Crippen LogP contribution in [0.3, 0.4) is 0 Å². The highest BCUT2D eigenvalue weighted by atomic mass is 16.5. The zero-order valence-electron chi connectivity index (χ0n) is 13.1. The molecule has 0 saturated carbocycles. The first-order valence-electron chi connectivity index (χ1n) is 7.12. The van der Waals surface area contributed by atoms with E-state index in [-0.39, 0.29) is 11.5 Å². The highest BCUT2D eigenvalue weighted by Gasteiger charge is 2.16. The van der Waals surface area contributed by atoms with Crippen LogP contribution in [-0.2, 0) is 10.2 Å². The third kappa shape index (κ3) is 4.96. The fourth-order valence-corrected chi connectivity index (χ4v) is 1.74. The van der Waals surface area contributed by atoms with E-state index in [0.717, 1.165) is 5.56 Å². The molecule has 0 spiro atoms.